The van der Waals surface area contributed by atoms with Gasteiger partial charge in [-0.25, -0.2) is 4.79 Å². The molecule has 0 aliphatic heterocycles. The molecule has 0 aliphatic carbocycles. The summed E-state index contributed by atoms with van der Waals surface area (Å²) in [5.74, 6) is 0. The van der Waals surface area contributed by atoms with Gasteiger partial charge in [-0.15, -0.1) is 0 Å². The molecule has 8 heteroatoms. The fourth-order valence-electron chi connectivity index (χ4n) is 1.12. The van der Waals surface area contributed by atoms with Crippen molar-refractivity contribution < 1.29 is 34.0 Å². The first-order valence-electron chi connectivity index (χ1n) is 6.54. The maximum absolute atomic E-state index is 10.5. The summed E-state index contributed by atoms with van der Waals surface area (Å²) in [5.41, 5.74) is 0. The highest BCUT2D eigenvalue weighted by Crippen LogP contribution is 1.86. The molecule has 0 aliphatic rings. The van der Waals surface area contributed by atoms with Crippen molar-refractivity contribution in [2.75, 3.05) is 73.1 Å². The summed E-state index contributed by atoms with van der Waals surface area (Å²) >= 11 is 0. The number of hydrogen-bond acceptors (Lipinski definition) is 6. The van der Waals surface area contributed by atoms with E-state index in [0.717, 1.165) is 4.90 Å². The van der Waals surface area contributed by atoms with Crippen molar-refractivity contribution in [3.8, 4) is 0 Å². The Bertz CT molecular complexity index is 228. The third-order valence-corrected chi connectivity index (χ3v) is 2.25. The van der Waals surface area contributed by atoms with Crippen LogP contribution in [0.3, 0.4) is 0 Å². The summed E-state index contributed by atoms with van der Waals surface area (Å²) in [6.45, 7) is 3.79. The van der Waals surface area contributed by atoms with E-state index in [1.165, 1.54) is 7.05 Å². The Morgan fingerprint density at radius 1 is 0.850 bits per heavy atom. The third-order valence-electron chi connectivity index (χ3n) is 2.25. The Labute approximate surface area is 119 Å². The molecule has 2 N–H and O–H groups in total. The smallest absolute Gasteiger partial charge is 0.407 e. The average molecular weight is 295 g/mol. The van der Waals surface area contributed by atoms with Crippen molar-refractivity contribution in [1.82, 2.24) is 4.90 Å². The fourth-order valence-corrected chi connectivity index (χ4v) is 1.12. The lowest BCUT2D eigenvalue weighted by molar-refractivity contribution is -0.00654. The maximum Gasteiger partial charge on any atom is 0.407 e. The molecular weight excluding hydrogens is 270 g/mol. The summed E-state index contributed by atoms with van der Waals surface area (Å²) in [4.78, 5) is 11.6. The first kappa shape index (κ1) is 19.1. The van der Waals surface area contributed by atoms with Crippen molar-refractivity contribution in [3.05, 3.63) is 0 Å². The zero-order chi connectivity index (χ0) is 15.1. The van der Waals surface area contributed by atoms with E-state index >= 15 is 0 Å². The van der Waals surface area contributed by atoms with Gasteiger partial charge in [0.25, 0.3) is 0 Å². The van der Waals surface area contributed by atoms with Crippen LogP contribution in [0.5, 0.6) is 0 Å². The Morgan fingerprint density at radius 2 is 1.25 bits per heavy atom. The summed E-state index contributed by atoms with van der Waals surface area (Å²) in [6, 6.07) is 0. The number of carbonyl (C=O) groups is 1. The van der Waals surface area contributed by atoms with Gasteiger partial charge in [0.15, 0.2) is 0 Å². The molecule has 0 heterocycles. The van der Waals surface area contributed by atoms with Crippen molar-refractivity contribution in [2.24, 2.45) is 0 Å². The van der Waals surface area contributed by atoms with Gasteiger partial charge in [-0.3, -0.25) is 0 Å². The molecule has 0 aromatic carbocycles. The average Bonchev–Trinajstić information content (AvgIpc) is 2.43. The Hall–Kier alpha value is -0.930. The molecule has 0 saturated carbocycles. The molecule has 120 valence electrons. The molecule has 0 atom stereocenters. The lowest BCUT2D eigenvalue weighted by Crippen LogP contribution is -2.28. The second-order valence-corrected chi connectivity index (χ2v) is 3.88. The molecule has 0 fully saturated rings. The van der Waals surface area contributed by atoms with Crippen molar-refractivity contribution >= 4 is 6.09 Å². The van der Waals surface area contributed by atoms with Gasteiger partial charge in [0.1, 0.15) is 0 Å². The minimum atomic E-state index is -0.968. The Morgan fingerprint density at radius 3 is 1.65 bits per heavy atom. The second-order valence-electron chi connectivity index (χ2n) is 3.88. The molecule has 20 heavy (non-hydrogen) atoms. The fraction of sp³-hybridized carbons (Fsp3) is 0.917. The number of rotatable bonds is 14. The van der Waals surface area contributed by atoms with E-state index in [1.54, 1.807) is 0 Å². The van der Waals surface area contributed by atoms with Crippen LogP contribution >= 0.6 is 0 Å². The maximum atomic E-state index is 10.5. The van der Waals surface area contributed by atoms with Gasteiger partial charge >= 0.3 is 6.09 Å². The number of carboxylic acid groups (broad SMARTS) is 1. The van der Waals surface area contributed by atoms with E-state index in [-0.39, 0.29) is 6.61 Å². The quantitative estimate of drug-likeness (QED) is 0.423. The van der Waals surface area contributed by atoms with Crippen molar-refractivity contribution in [3.63, 3.8) is 0 Å². The van der Waals surface area contributed by atoms with Crippen LogP contribution in [0, 0.1) is 0 Å². The van der Waals surface area contributed by atoms with E-state index in [9.17, 15) is 4.79 Å². The molecule has 0 aromatic rings. The van der Waals surface area contributed by atoms with Crippen LogP contribution < -0.4 is 0 Å². The lowest BCUT2D eigenvalue weighted by atomic mass is 10.6. The first-order chi connectivity index (χ1) is 9.68. The molecule has 0 aromatic heterocycles. The predicted molar refractivity (Wildman–Crippen MR) is 71.0 cm³/mol. The van der Waals surface area contributed by atoms with Crippen LogP contribution in [0.25, 0.3) is 0 Å². The predicted octanol–water partition coefficient (Wildman–Crippen LogP) is -0.345. The van der Waals surface area contributed by atoms with E-state index in [4.69, 9.17) is 29.2 Å². The zero-order valence-corrected chi connectivity index (χ0v) is 12.0. The lowest BCUT2D eigenvalue weighted by Gasteiger charge is -2.12. The monoisotopic (exact) mass is 295 g/mol. The topological polar surface area (TPSA) is 97.7 Å². The summed E-state index contributed by atoms with van der Waals surface area (Å²) in [7, 11) is 1.49. The molecule has 0 radical (unpaired) electrons. The number of likely N-dealkylation sites (N-methyl/N-ethyl adjacent to an activating group) is 1. The van der Waals surface area contributed by atoms with E-state index in [1.807, 2.05) is 0 Å². The van der Waals surface area contributed by atoms with Gasteiger partial charge in [-0.2, -0.15) is 0 Å². The normalized spacial score (nSPS) is 10.7. The molecule has 0 bridgehead atoms. The van der Waals surface area contributed by atoms with Crippen LogP contribution in [-0.4, -0.2) is 94.3 Å². The standard InChI is InChI=1S/C12H25NO7/c1-13(12(15)16)2-4-17-6-8-19-10-11-20-9-7-18-5-3-14/h14H,2-11H2,1H3,(H,15,16). The number of nitrogens with zero attached hydrogens (tertiary/aromatic N) is 1. The van der Waals surface area contributed by atoms with Crippen LogP contribution in [0.4, 0.5) is 4.79 Å². The third kappa shape index (κ3) is 13.5. The van der Waals surface area contributed by atoms with Gasteiger partial charge in [0.2, 0.25) is 0 Å². The van der Waals surface area contributed by atoms with Gasteiger partial charge in [-0.05, 0) is 0 Å². The van der Waals surface area contributed by atoms with E-state index < -0.39 is 6.09 Å². The number of aliphatic hydroxyl groups is 1. The van der Waals surface area contributed by atoms with Crippen LogP contribution in [-0.2, 0) is 18.9 Å². The highest BCUT2D eigenvalue weighted by Gasteiger charge is 2.03. The van der Waals surface area contributed by atoms with Crippen LogP contribution in [0.15, 0.2) is 0 Å². The number of hydrogen-bond donors (Lipinski definition) is 2. The first-order valence-corrected chi connectivity index (χ1v) is 6.54. The van der Waals surface area contributed by atoms with Crippen LogP contribution in [0.2, 0.25) is 0 Å². The SMILES string of the molecule is CN(CCOCCOCCOCCOCCO)C(=O)O. The molecule has 1 amide bonds. The second kappa shape index (κ2) is 14.5. The van der Waals surface area contributed by atoms with E-state index in [2.05, 4.69) is 0 Å². The van der Waals surface area contributed by atoms with Crippen LogP contribution in [0.1, 0.15) is 0 Å². The summed E-state index contributed by atoms with van der Waals surface area (Å²) in [5, 5.41) is 17.0. The molecule has 0 spiro atoms. The van der Waals surface area contributed by atoms with Crippen molar-refractivity contribution in [2.45, 2.75) is 0 Å². The Balaban J connectivity index is 3.04. The number of amides is 1. The number of ether oxygens (including phenoxy) is 4. The molecule has 0 unspecified atom stereocenters. The highest BCUT2D eigenvalue weighted by atomic mass is 16.6. The molecule has 0 saturated heterocycles. The minimum Gasteiger partial charge on any atom is -0.465 e. The largest absolute Gasteiger partial charge is 0.465 e. The van der Waals surface area contributed by atoms with E-state index in [0.29, 0.717) is 59.4 Å². The molecule has 8 nitrogen and oxygen atoms in total. The van der Waals surface area contributed by atoms with Gasteiger partial charge < -0.3 is 34.1 Å². The minimum absolute atomic E-state index is 0.0192. The zero-order valence-electron chi connectivity index (χ0n) is 12.0. The van der Waals surface area contributed by atoms with Gasteiger partial charge in [0.05, 0.1) is 59.5 Å². The summed E-state index contributed by atoms with van der Waals surface area (Å²) < 4.78 is 20.7. The van der Waals surface area contributed by atoms with Gasteiger partial charge in [0, 0.05) is 13.6 Å². The number of aliphatic hydroxyl groups excluding tert-OH is 1. The molecule has 0 rings (SSSR count). The molecular formula is C12H25NO7. The van der Waals surface area contributed by atoms with Crippen molar-refractivity contribution in [1.29, 1.82) is 0 Å². The Kier molecular flexibility index (Phi) is 13.8. The summed E-state index contributed by atoms with van der Waals surface area (Å²) in [6.07, 6.45) is -0.968. The van der Waals surface area contributed by atoms with Gasteiger partial charge in [-0.1, -0.05) is 0 Å². The highest BCUT2D eigenvalue weighted by molar-refractivity contribution is 5.64.